The molecular weight excluding hydrogens is 448 g/mol. The van der Waals surface area contributed by atoms with Gasteiger partial charge in [-0.3, -0.25) is 9.59 Å². The molecule has 6 nitrogen and oxygen atoms in total. The fourth-order valence-corrected chi connectivity index (χ4v) is 4.70. The van der Waals surface area contributed by atoms with Crippen molar-refractivity contribution in [2.45, 2.75) is 32.7 Å². The van der Waals surface area contributed by atoms with E-state index in [1.807, 2.05) is 59.6 Å². The Hall–Kier alpha value is -2.83. The van der Waals surface area contributed by atoms with Gasteiger partial charge in [-0.15, -0.1) is 12.4 Å². The molecule has 0 saturated carbocycles. The lowest BCUT2D eigenvalue weighted by molar-refractivity contribution is -0.134. The third kappa shape index (κ3) is 5.99. The first-order valence-electron chi connectivity index (χ1n) is 12.0. The minimum absolute atomic E-state index is 0. The maximum Gasteiger partial charge on any atom is 0.252 e. The summed E-state index contributed by atoms with van der Waals surface area (Å²) in [6, 6.07) is 16.4. The molecule has 1 aromatic heterocycles. The molecular formula is C27H35ClN4O2. The molecule has 0 unspecified atom stereocenters. The monoisotopic (exact) mass is 482 g/mol. The molecule has 0 spiro atoms. The number of likely N-dealkylation sites (tertiary alicyclic amines) is 1. The van der Waals surface area contributed by atoms with Gasteiger partial charge in [0.2, 0.25) is 5.91 Å². The largest absolute Gasteiger partial charge is 0.361 e. The fourth-order valence-electron chi connectivity index (χ4n) is 4.70. The van der Waals surface area contributed by atoms with Gasteiger partial charge in [-0.1, -0.05) is 50.2 Å². The van der Waals surface area contributed by atoms with Crippen LogP contribution in [-0.2, 0) is 4.79 Å². The van der Waals surface area contributed by atoms with Crippen molar-refractivity contribution < 1.29 is 9.59 Å². The number of aromatic nitrogens is 1. The van der Waals surface area contributed by atoms with Gasteiger partial charge < -0.3 is 20.1 Å². The van der Waals surface area contributed by atoms with Crippen LogP contribution in [0.2, 0.25) is 0 Å². The zero-order valence-corrected chi connectivity index (χ0v) is 20.8. The summed E-state index contributed by atoms with van der Waals surface area (Å²) in [7, 11) is 0. The summed E-state index contributed by atoms with van der Waals surface area (Å²) in [5, 5.41) is 4.06. The number of carbonyl (C=O) groups is 2. The smallest absolute Gasteiger partial charge is 0.252 e. The number of rotatable bonds is 8. The van der Waals surface area contributed by atoms with E-state index in [2.05, 4.69) is 29.0 Å². The number of carbonyl (C=O) groups excluding carboxylic acids is 2. The van der Waals surface area contributed by atoms with Crippen LogP contribution in [0.4, 0.5) is 0 Å². The highest BCUT2D eigenvalue weighted by molar-refractivity contribution is 6.00. The van der Waals surface area contributed by atoms with Crippen LogP contribution in [0.1, 0.15) is 48.7 Å². The minimum Gasteiger partial charge on any atom is -0.361 e. The number of amides is 2. The zero-order chi connectivity index (χ0) is 23.2. The Balaban J connectivity index is 0.00000324. The van der Waals surface area contributed by atoms with Crippen molar-refractivity contribution in [3.8, 4) is 0 Å². The summed E-state index contributed by atoms with van der Waals surface area (Å²) < 4.78 is 0. The van der Waals surface area contributed by atoms with Crippen LogP contribution in [0.15, 0.2) is 60.8 Å². The van der Waals surface area contributed by atoms with Crippen LogP contribution in [0.25, 0.3) is 10.9 Å². The van der Waals surface area contributed by atoms with Crippen LogP contribution < -0.4 is 5.32 Å². The van der Waals surface area contributed by atoms with Gasteiger partial charge in [-0.25, -0.2) is 0 Å². The number of benzene rings is 2. The van der Waals surface area contributed by atoms with E-state index >= 15 is 0 Å². The normalized spacial score (nSPS) is 15.2. The van der Waals surface area contributed by atoms with Gasteiger partial charge >= 0.3 is 0 Å². The Morgan fingerprint density at radius 3 is 2.44 bits per heavy atom. The van der Waals surface area contributed by atoms with Gasteiger partial charge in [-0.05, 0) is 61.0 Å². The molecule has 1 aliphatic heterocycles. The molecule has 34 heavy (non-hydrogen) atoms. The lowest BCUT2D eigenvalue weighted by Gasteiger charge is -2.36. The molecule has 7 heteroatoms. The van der Waals surface area contributed by atoms with E-state index in [9.17, 15) is 9.59 Å². The van der Waals surface area contributed by atoms with E-state index < -0.39 is 6.04 Å². The number of piperidine rings is 1. The lowest BCUT2D eigenvalue weighted by Crippen LogP contribution is -2.47. The predicted molar refractivity (Wildman–Crippen MR) is 139 cm³/mol. The average molecular weight is 483 g/mol. The summed E-state index contributed by atoms with van der Waals surface area (Å²) in [5.41, 5.74) is 2.25. The van der Waals surface area contributed by atoms with Crippen molar-refractivity contribution in [1.82, 2.24) is 20.1 Å². The number of nitrogens with one attached hydrogen (secondary N) is 2. The highest BCUT2D eigenvalue weighted by Crippen LogP contribution is 2.24. The van der Waals surface area contributed by atoms with Crippen molar-refractivity contribution in [3.63, 3.8) is 0 Å². The van der Waals surface area contributed by atoms with E-state index in [1.165, 1.54) is 0 Å². The molecule has 0 bridgehead atoms. The number of fused-ring (bicyclic) bond motifs is 1. The summed E-state index contributed by atoms with van der Waals surface area (Å²) in [4.78, 5) is 34.2. The molecule has 1 fully saturated rings. The van der Waals surface area contributed by atoms with Gasteiger partial charge in [0.1, 0.15) is 6.04 Å². The third-order valence-corrected chi connectivity index (χ3v) is 6.81. The van der Waals surface area contributed by atoms with Gasteiger partial charge in [0.05, 0.1) is 0 Å². The van der Waals surface area contributed by atoms with Gasteiger partial charge in [0.25, 0.3) is 5.91 Å². The Morgan fingerprint density at radius 2 is 1.76 bits per heavy atom. The van der Waals surface area contributed by atoms with E-state index in [-0.39, 0.29) is 24.2 Å². The first-order valence-corrected chi connectivity index (χ1v) is 12.0. The van der Waals surface area contributed by atoms with Crippen molar-refractivity contribution >= 4 is 35.1 Å². The van der Waals surface area contributed by atoms with Crippen LogP contribution >= 0.6 is 12.4 Å². The summed E-state index contributed by atoms with van der Waals surface area (Å²) >= 11 is 0. The average Bonchev–Trinajstić information content (AvgIpc) is 3.34. The number of halogens is 1. The molecule has 2 aromatic carbocycles. The highest BCUT2D eigenvalue weighted by Gasteiger charge is 2.31. The third-order valence-electron chi connectivity index (χ3n) is 6.81. The number of nitrogens with zero attached hydrogens (tertiary/aromatic N) is 2. The molecule has 3 aromatic rings. The van der Waals surface area contributed by atoms with Crippen LogP contribution in [0.3, 0.4) is 0 Å². The Kier molecular flexibility index (Phi) is 9.13. The standard InChI is InChI=1S/C27H34N4O2.ClH/c1-3-30(4-2)19-20-13-16-31(17-14-20)27(33)25(22-8-6-5-7-9-22)29-26(32)23-11-10-21-12-15-28-24(21)18-23;/h5-12,15,18,20,25,28H,3-4,13-14,16-17,19H2,1-2H3,(H,29,32);1H/t25-;/m1./s1. The summed E-state index contributed by atoms with van der Waals surface area (Å²) in [5.74, 6) is 0.341. The maximum absolute atomic E-state index is 13.6. The van der Waals surface area contributed by atoms with Gasteiger partial charge in [0, 0.05) is 36.9 Å². The Labute approximate surface area is 208 Å². The molecule has 0 radical (unpaired) electrons. The number of aromatic amines is 1. The first-order chi connectivity index (χ1) is 16.1. The van der Waals surface area contributed by atoms with Crippen LogP contribution in [0.5, 0.6) is 0 Å². The number of H-pyrrole nitrogens is 1. The maximum atomic E-state index is 13.6. The fraction of sp³-hybridized carbons (Fsp3) is 0.407. The molecule has 1 aliphatic rings. The predicted octanol–water partition coefficient (Wildman–Crippen LogP) is 4.64. The Morgan fingerprint density at radius 1 is 1.06 bits per heavy atom. The first kappa shape index (κ1) is 25.8. The van der Waals surface area contributed by atoms with E-state index in [1.54, 1.807) is 6.07 Å². The van der Waals surface area contributed by atoms with Crippen molar-refractivity contribution in [3.05, 3.63) is 71.9 Å². The minimum atomic E-state index is -0.697. The van der Waals surface area contributed by atoms with E-state index in [0.717, 1.165) is 62.0 Å². The molecule has 1 saturated heterocycles. The van der Waals surface area contributed by atoms with Gasteiger partial charge in [0.15, 0.2) is 0 Å². The second kappa shape index (κ2) is 12.0. The Bertz CT molecular complexity index is 1070. The topological polar surface area (TPSA) is 68.4 Å². The van der Waals surface area contributed by atoms with Crippen molar-refractivity contribution in [2.75, 3.05) is 32.7 Å². The molecule has 2 amide bonds. The number of hydrogen-bond donors (Lipinski definition) is 2. The van der Waals surface area contributed by atoms with E-state index in [0.29, 0.717) is 11.5 Å². The molecule has 1 atom stereocenters. The highest BCUT2D eigenvalue weighted by atomic mass is 35.5. The zero-order valence-electron chi connectivity index (χ0n) is 20.0. The van der Waals surface area contributed by atoms with Crippen molar-refractivity contribution in [2.24, 2.45) is 5.92 Å². The molecule has 0 aliphatic carbocycles. The summed E-state index contributed by atoms with van der Waals surface area (Å²) in [6.45, 7) is 9.08. The second-order valence-corrected chi connectivity index (χ2v) is 8.85. The van der Waals surface area contributed by atoms with Crippen LogP contribution in [-0.4, -0.2) is 59.3 Å². The molecule has 2 heterocycles. The lowest BCUT2D eigenvalue weighted by atomic mass is 9.95. The SMILES string of the molecule is CCN(CC)CC1CCN(C(=O)[C@H](NC(=O)c2ccc3cc[nH]c3c2)c2ccccc2)CC1.Cl. The second-order valence-electron chi connectivity index (χ2n) is 8.85. The number of hydrogen-bond acceptors (Lipinski definition) is 3. The summed E-state index contributed by atoms with van der Waals surface area (Å²) in [6.07, 6.45) is 3.86. The van der Waals surface area contributed by atoms with Crippen molar-refractivity contribution in [1.29, 1.82) is 0 Å². The molecule has 182 valence electrons. The van der Waals surface area contributed by atoms with Crippen LogP contribution in [0, 0.1) is 5.92 Å². The quantitative estimate of drug-likeness (QED) is 0.491. The van der Waals surface area contributed by atoms with E-state index in [4.69, 9.17) is 0 Å². The van der Waals surface area contributed by atoms with Gasteiger partial charge in [-0.2, -0.15) is 0 Å². The molecule has 2 N–H and O–H groups in total. The molecule has 4 rings (SSSR count).